The van der Waals surface area contributed by atoms with E-state index in [9.17, 15) is 14.4 Å². The third-order valence-corrected chi connectivity index (χ3v) is 5.69. The number of para-hydroxylation sites is 1. The first-order valence-corrected chi connectivity index (χ1v) is 10.0. The fourth-order valence-electron chi connectivity index (χ4n) is 4.30. The van der Waals surface area contributed by atoms with E-state index in [0.717, 1.165) is 19.5 Å². The molecule has 7 heteroatoms. The number of urea groups is 1. The van der Waals surface area contributed by atoms with Crippen molar-refractivity contribution < 1.29 is 19.5 Å². The summed E-state index contributed by atoms with van der Waals surface area (Å²) in [5.74, 6) is -0.323. The SMILES string of the molecule is CC1CC(C)CN(C(=O)c2ccccc2NC(=O)N2CCC(C(=O)O)CC2)C1. The number of rotatable bonds is 3. The standard InChI is InChI=1S/C21H29N3O4/c1-14-11-15(2)13-24(12-14)19(25)17-5-3-4-6-18(17)22-21(28)23-9-7-16(8-10-23)20(26)27/h3-6,14-16H,7-13H2,1-2H3,(H,22,28)(H,26,27). The van der Waals surface area contributed by atoms with Crippen molar-refractivity contribution in [2.75, 3.05) is 31.5 Å². The molecule has 2 aliphatic rings. The van der Waals surface area contributed by atoms with Crippen molar-refractivity contribution in [3.05, 3.63) is 29.8 Å². The van der Waals surface area contributed by atoms with Crippen LogP contribution in [0.15, 0.2) is 24.3 Å². The van der Waals surface area contributed by atoms with E-state index in [1.165, 1.54) is 0 Å². The van der Waals surface area contributed by atoms with Crippen LogP contribution in [-0.2, 0) is 4.79 Å². The second-order valence-electron chi connectivity index (χ2n) is 8.23. The van der Waals surface area contributed by atoms with Gasteiger partial charge in [-0.15, -0.1) is 0 Å². The highest BCUT2D eigenvalue weighted by Gasteiger charge is 2.29. The first-order valence-electron chi connectivity index (χ1n) is 10.0. The topological polar surface area (TPSA) is 90.0 Å². The molecule has 3 rings (SSSR count). The molecule has 28 heavy (non-hydrogen) atoms. The number of nitrogens with one attached hydrogen (secondary N) is 1. The number of hydrogen-bond donors (Lipinski definition) is 2. The Morgan fingerprint density at radius 3 is 2.21 bits per heavy atom. The summed E-state index contributed by atoms with van der Waals surface area (Å²) in [6.45, 7) is 6.58. The second kappa shape index (κ2) is 8.63. The van der Waals surface area contributed by atoms with Gasteiger partial charge in [0.1, 0.15) is 0 Å². The van der Waals surface area contributed by atoms with Crippen LogP contribution in [0.1, 0.15) is 43.5 Å². The molecule has 0 saturated carbocycles. The van der Waals surface area contributed by atoms with Crippen LogP contribution < -0.4 is 5.32 Å². The summed E-state index contributed by atoms with van der Waals surface area (Å²) in [7, 11) is 0. The van der Waals surface area contributed by atoms with Crippen molar-refractivity contribution in [2.45, 2.75) is 33.1 Å². The Bertz CT molecular complexity index is 733. The van der Waals surface area contributed by atoms with Crippen LogP contribution >= 0.6 is 0 Å². The lowest BCUT2D eigenvalue weighted by Crippen LogP contribution is -2.44. The Kier molecular flexibility index (Phi) is 6.21. The molecule has 0 aliphatic carbocycles. The molecular formula is C21H29N3O4. The number of benzene rings is 1. The molecule has 2 atom stereocenters. The number of carbonyl (C=O) groups excluding carboxylic acids is 2. The summed E-state index contributed by atoms with van der Waals surface area (Å²) < 4.78 is 0. The molecule has 0 radical (unpaired) electrons. The zero-order valence-electron chi connectivity index (χ0n) is 16.6. The van der Waals surface area contributed by atoms with E-state index in [-0.39, 0.29) is 17.9 Å². The van der Waals surface area contributed by atoms with Gasteiger partial charge in [-0.2, -0.15) is 0 Å². The summed E-state index contributed by atoms with van der Waals surface area (Å²) in [6.07, 6.45) is 2.02. The Morgan fingerprint density at radius 1 is 1.00 bits per heavy atom. The van der Waals surface area contributed by atoms with Crippen molar-refractivity contribution in [2.24, 2.45) is 17.8 Å². The van der Waals surface area contributed by atoms with Gasteiger partial charge >= 0.3 is 12.0 Å². The predicted octanol–water partition coefficient (Wildman–Crippen LogP) is 3.13. The molecule has 2 unspecified atom stereocenters. The van der Waals surface area contributed by atoms with Gasteiger partial charge in [-0.25, -0.2) is 4.79 Å². The molecule has 0 spiro atoms. The molecule has 0 bridgehead atoms. The second-order valence-corrected chi connectivity index (χ2v) is 8.23. The third-order valence-electron chi connectivity index (χ3n) is 5.69. The minimum atomic E-state index is -0.805. The number of carbonyl (C=O) groups is 3. The maximum absolute atomic E-state index is 13.1. The van der Waals surface area contributed by atoms with E-state index in [2.05, 4.69) is 19.2 Å². The minimum absolute atomic E-state index is 0.0566. The highest BCUT2D eigenvalue weighted by atomic mass is 16.4. The van der Waals surface area contributed by atoms with Crippen molar-refractivity contribution >= 4 is 23.6 Å². The molecule has 152 valence electrons. The van der Waals surface area contributed by atoms with E-state index >= 15 is 0 Å². The Morgan fingerprint density at radius 2 is 1.61 bits per heavy atom. The lowest BCUT2D eigenvalue weighted by atomic mass is 9.91. The number of piperidine rings is 2. The first kappa shape index (κ1) is 20.2. The van der Waals surface area contributed by atoms with Gasteiger partial charge < -0.3 is 20.2 Å². The van der Waals surface area contributed by atoms with Crippen LogP contribution in [0, 0.1) is 17.8 Å². The average molecular weight is 387 g/mol. The molecule has 7 nitrogen and oxygen atoms in total. The van der Waals surface area contributed by atoms with Gasteiger partial charge in [0.25, 0.3) is 5.91 Å². The van der Waals surface area contributed by atoms with Gasteiger partial charge in [0, 0.05) is 26.2 Å². The summed E-state index contributed by atoms with van der Waals surface area (Å²) in [4.78, 5) is 40.3. The molecule has 2 saturated heterocycles. The molecule has 1 aromatic carbocycles. The van der Waals surface area contributed by atoms with Crippen molar-refractivity contribution in [1.82, 2.24) is 9.80 Å². The van der Waals surface area contributed by atoms with Crippen LogP contribution in [0.25, 0.3) is 0 Å². The number of likely N-dealkylation sites (tertiary alicyclic amines) is 2. The van der Waals surface area contributed by atoms with E-state index < -0.39 is 5.97 Å². The monoisotopic (exact) mass is 387 g/mol. The van der Waals surface area contributed by atoms with Gasteiger partial charge in [-0.1, -0.05) is 26.0 Å². The number of anilines is 1. The summed E-state index contributed by atoms with van der Waals surface area (Å²) in [5, 5.41) is 12.0. The van der Waals surface area contributed by atoms with Gasteiger partial charge in [0.05, 0.1) is 17.2 Å². The Balaban J connectivity index is 1.68. The van der Waals surface area contributed by atoms with Crippen LogP contribution in [0.4, 0.5) is 10.5 Å². The molecule has 3 amide bonds. The Hall–Kier alpha value is -2.57. The fraction of sp³-hybridized carbons (Fsp3) is 0.571. The van der Waals surface area contributed by atoms with Crippen molar-refractivity contribution in [3.8, 4) is 0 Å². The smallest absolute Gasteiger partial charge is 0.321 e. The van der Waals surface area contributed by atoms with Gasteiger partial charge in [0.2, 0.25) is 0 Å². The molecule has 1 aromatic rings. The zero-order valence-corrected chi connectivity index (χ0v) is 16.6. The van der Waals surface area contributed by atoms with Crippen LogP contribution in [0.5, 0.6) is 0 Å². The van der Waals surface area contributed by atoms with Crippen LogP contribution in [-0.4, -0.2) is 59.0 Å². The molecule has 2 N–H and O–H groups in total. The van der Waals surface area contributed by atoms with Gasteiger partial charge in [-0.3, -0.25) is 9.59 Å². The zero-order chi connectivity index (χ0) is 20.3. The van der Waals surface area contributed by atoms with E-state index in [1.807, 2.05) is 4.90 Å². The lowest BCUT2D eigenvalue weighted by Gasteiger charge is -2.35. The lowest BCUT2D eigenvalue weighted by molar-refractivity contribution is -0.143. The van der Waals surface area contributed by atoms with E-state index in [4.69, 9.17) is 5.11 Å². The molecule has 2 aliphatic heterocycles. The van der Waals surface area contributed by atoms with E-state index in [1.54, 1.807) is 29.2 Å². The average Bonchev–Trinajstić information content (AvgIpc) is 2.67. The normalized spacial score (nSPS) is 23.4. The van der Waals surface area contributed by atoms with Crippen LogP contribution in [0.3, 0.4) is 0 Å². The number of aliphatic carboxylic acids is 1. The summed E-state index contributed by atoms with van der Waals surface area (Å²) >= 11 is 0. The van der Waals surface area contributed by atoms with Crippen LogP contribution in [0.2, 0.25) is 0 Å². The fourth-order valence-corrected chi connectivity index (χ4v) is 4.30. The van der Waals surface area contributed by atoms with Gasteiger partial charge in [-0.05, 0) is 43.2 Å². The number of carboxylic acid groups (broad SMARTS) is 1. The van der Waals surface area contributed by atoms with Crippen molar-refractivity contribution in [1.29, 1.82) is 0 Å². The quantitative estimate of drug-likeness (QED) is 0.834. The summed E-state index contributed by atoms with van der Waals surface area (Å²) in [5.41, 5.74) is 1.00. The summed E-state index contributed by atoms with van der Waals surface area (Å²) in [6, 6.07) is 6.80. The number of nitrogens with zero attached hydrogens (tertiary/aromatic N) is 2. The number of hydrogen-bond acceptors (Lipinski definition) is 3. The highest BCUT2D eigenvalue weighted by molar-refractivity contribution is 6.03. The number of carboxylic acids is 1. The van der Waals surface area contributed by atoms with Crippen molar-refractivity contribution in [3.63, 3.8) is 0 Å². The largest absolute Gasteiger partial charge is 0.481 e. The van der Waals surface area contributed by atoms with Gasteiger partial charge in [0.15, 0.2) is 0 Å². The molecule has 0 aromatic heterocycles. The first-order chi connectivity index (χ1) is 13.3. The van der Waals surface area contributed by atoms with E-state index in [0.29, 0.717) is 49.0 Å². The third kappa shape index (κ3) is 4.64. The maximum atomic E-state index is 13.1. The Labute approximate surface area is 165 Å². The molecule has 2 fully saturated rings. The maximum Gasteiger partial charge on any atom is 0.321 e. The minimum Gasteiger partial charge on any atom is -0.481 e. The number of amides is 3. The highest BCUT2D eigenvalue weighted by Crippen LogP contribution is 2.25. The molecular weight excluding hydrogens is 358 g/mol. The molecule has 2 heterocycles. The predicted molar refractivity (Wildman–Crippen MR) is 106 cm³/mol.